The average Bonchev–Trinajstić information content (AvgIpc) is 2.68. The van der Waals surface area contributed by atoms with E-state index in [2.05, 4.69) is 15.2 Å². The molecule has 0 unspecified atom stereocenters. The molecule has 1 saturated heterocycles. The first-order chi connectivity index (χ1) is 12.6. The third-order valence-corrected chi connectivity index (χ3v) is 4.69. The molecule has 0 radical (unpaired) electrons. The first-order valence-corrected chi connectivity index (χ1v) is 8.82. The molecule has 0 saturated carbocycles. The molecule has 1 amide bonds. The summed E-state index contributed by atoms with van der Waals surface area (Å²) in [6.07, 6.45) is 3.46. The van der Waals surface area contributed by atoms with Crippen LogP contribution < -0.4 is 5.32 Å². The lowest BCUT2D eigenvalue weighted by Crippen LogP contribution is -2.40. The maximum atomic E-state index is 12.9. The number of benzene rings is 1. The highest BCUT2D eigenvalue weighted by Crippen LogP contribution is 2.17. The lowest BCUT2D eigenvalue weighted by Gasteiger charge is -2.31. The third kappa shape index (κ3) is 4.95. The normalized spacial score (nSPS) is 15.6. The molecule has 6 heteroatoms. The van der Waals surface area contributed by atoms with Crippen LogP contribution in [0.2, 0.25) is 0 Å². The summed E-state index contributed by atoms with van der Waals surface area (Å²) < 4.78 is 12.9. The summed E-state index contributed by atoms with van der Waals surface area (Å²) in [4.78, 5) is 30.4. The number of halogens is 1. The van der Waals surface area contributed by atoms with Gasteiger partial charge in [0.15, 0.2) is 5.78 Å². The molecule has 0 atom stereocenters. The van der Waals surface area contributed by atoms with E-state index in [0.29, 0.717) is 30.3 Å². The van der Waals surface area contributed by atoms with Crippen LogP contribution in [0, 0.1) is 11.7 Å². The van der Waals surface area contributed by atoms with Gasteiger partial charge in [0.1, 0.15) is 11.5 Å². The minimum Gasteiger partial charge on any atom is -0.350 e. The van der Waals surface area contributed by atoms with Gasteiger partial charge in [-0.15, -0.1) is 0 Å². The average molecular weight is 355 g/mol. The lowest BCUT2D eigenvalue weighted by molar-refractivity contribution is 0.0886. The molecular formula is C20H22FN3O2. The number of Topliss-reactive ketones (excluding diaryl/α,β-unsaturated/α-hetero) is 1. The smallest absolute Gasteiger partial charge is 0.269 e. The van der Waals surface area contributed by atoms with Crippen LogP contribution >= 0.6 is 0 Å². The molecule has 1 aliphatic heterocycles. The molecule has 1 N–H and O–H groups in total. The number of carbonyl (C=O) groups excluding carboxylic acids is 2. The predicted octanol–water partition coefficient (Wildman–Crippen LogP) is 2.55. The summed E-state index contributed by atoms with van der Waals surface area (Å²) in [5.41, 5.74) is 0.964. The molecule has 1 fully saturated rings. The summed E-state index contributed by atoms with van der Waals surface area (Å²) in [6.45, 7) is 2.60. The van der Waals surface area contributed by atoms with Gasteiger partial charge in [-0.1, -0.05) is 6.07 Å². The van der Waals surface area contributed by atoms with Crippen LogP contribution in [0.4, 0.5) is 4.39 Å². The van der Waals surface area contributed by atoms with Gasteiger partial charge in [-0.05, 0) is 68.2 Å². The zero-order valence-electron chi connectivity index (χ0n) is 14.5. The van der Waals surface area contributed by atoms with Gasteiger partial charge in [-0.25, -0.2) is 4.39 Å². The van der Waals surface area contributed by atoms with Crippen molar-refractivity contribution in [2.45, 2.75) is 12.8 Å². The Morgan fingerprint density at radius 3 is 2.50 bits per heavy atom. The summed E-state index contributed by atoms with van der Waals surface area (Å²) in [5, 5.41) is 2.93. The first kappa shape index (κ1) is 18.2. The van der Waals surface area contributed by atoms with Gasteiger partial charge in [0.05, 0.1) is 6.54 Å². The van der Waals surface area contributed by atoms with Crippen molar-refractivity contribution in [3.63, 3.8) is 0 Å². The van der Waals surface area contributed by atoms with Crippen molar-refractivity contribution in [1.29, 1.82) is 0 Å². The third-order valence-electron chi connectivity index (χ3n) is 4.69. The fourth-order valence-corrected chi connectivity index (χ4v) is 3.10. The Morgan fingerprint density at radius 2 is 1.85 bits per heavy atom. The Morgan fingerprint density at radius 1 is 1.12 bits per heavy atom. The molecule has 1 aromatic heterocycles. The number of aromatic nitrogens is 1. The van der Waals surface area contributed by atoms with Gasteiger partial charge in [-0.3, -0.25) is 19.5 Å². The van der Waals surface area contributed by atoms with E-state index in [-0.39, 0.29) is 17.5 Å². The zero-order chi connectivity index (χ0) is 18.4. The second kappa shape index (κ2) is 8.67. The van der Waals surface area contributed by atoms with Crippen molar-refractivity contribution in [2.75, 3.05) is 26.2 Å². The van der Waals surface area contributed by atoms with Crippen LogP contribution in [-0.2, 0) is 0 Å². The van der Waals surface area contributed by atoms with Crippen LogP contribution in [0.5, 0.6) is 0 Å². The van der Waals surface area contributed by atoms with Gasteiger partial charge < -0.3 is 5.32 Å². The summed E-state index contributed by atoms with van der Waals surface area (Å²) in [7, 11) is 0. The largest absolute Gasteiger partial charge is 0.350 e. The minimum atomic E-state index is -0.338. The Bertz CT molecular complexity index is 741. The highest BCUT2D eigenvalue weighted by atomic mass is 19.1. The van der Waals surface area contributed by atoms with E-state index < -0.39 is 0 Å². The number of hydrogen-bond donors (Lipinski definition) is 1. The summed E-state index contributed by atoms with van der Waals surface area (Å²) in [6, 6.07) is 10.9. The molecule has 3 rings (SSSR count). The van der Waals surface area contributed by atoms with E-state index >= 15 is 0 Å². The minimum absolute atomic E-state index is 0.00639. The molecule has 0 spiro atoms. The number of nitrogens with one attached hydrogen (secondary N) is 1. The van der Waals surface area contributed by atoms with E-state index in [1.54, 1.807) is 24.4 Å². The van der Waals surface area contributed by atoms with Crippen LogP contribution in [0.3, 0.4) is 0 Å². The molecule has 5 nitrogen and oxygen atoms in total. The summed E-state index contributed by atoms with van der Waals surface area (Å²) >= 11 is 0. The molecule has 136 valence electrons. The second-order valence-corrected chi connectivity index (χ2v) is 6.57. The van der Waals surface area contributed by atoms with Crippen molar-refractivity contribution in [2.24, 2.45) is 5.92 Å². The molecule has 1 aromatic carbocycles. The van der Waals surface area contributed by atoms with Gasteiger partial charge in [0, 0.05) is 18.3 Å². The highest BCUT2D eigenvalue weighted by molar-refractivity contribution is 5.97. The maximum Gasteiger partial charge on any atom is 0.269 e. The number of piperidine rings is 1. The van der Waals surface area contributed by atoms with Gasteiger partial charge in [0.2, 0.25) is 0 Å². The van der Waals surface area contributed by atoms with E-state index in [0.717, 1.165) is 25.9 Å². The van der Waals surface area contributed by atoms with Crippen LogP contribution in [0.1, 0.15) is 33.7 Å². The van der Waals surface area contributed by atoms with E-state index in [1.165, 1.54) is 24.3 Å². The quantitative estimate of drug-likeness (QED) is 0.809. The fraction of sp³-hybridized carbons (Fsp3) is 0.350. The zero-order valence-corrected chi connectivity index (χ0v) is 14.5. The monoisotopic (exact) mass is 355 g/mol. The van der Waals surface area contributed by atoms with E-state index in [1.807, 2.05) is 0 Å². The van der Waals surface area contributed by atoms with Crippen LogP contribution in [0.15, 0.2) is 48.7 Å². The number of likely N-dealkylation sites (tertiary alicyclic amines) is 1. The molecule has 2 aromatic rings. The van der Waals surface area contributed by atoms with Crippen molar-refractivity contribution in [3.05, 3.63) is 65.7 Å². The number of hydrogen-bond acceptors (Lipinski definition) is 4. The van der Waals surface area contributed by atoms with Crippen LogP contribution in [-0.4, -0.2) is 47.8 Å². The molecule has 26 heavy (non-hydrogen) atoms. The maximum absolute atomic E-state index is 12.9. The van der Waals surface area contributed by atoms with Crippen molar-refractivity contribution in [1.82, 2.24) is 15.2 Å². The number of nitrogens with zero attached hydrogens (tertiary/aromatic N) is 2. The number of carbonyl (C=O) groups is 2. The SMILES string of the molecule is O=C(CN1CCC(CNC(=O)c2ccccn2)CC1)c1ccc(F)cc1. The van der Waals surface area contributed by atoms with Crippen molar-refractivity contribution in [3.8, 4) is 0 Å². The lowest BCUT2D eigenvalue weighted by atomic mass is 9.96. The van der Waals surface area contributed by atoms with E-state index in [4.69, 9.17) is 0 Å². The van der Waals surface area contributed by atoms with Crippen LogP contribution in [0.25, 0.3) is 0 Å². The predicted molar refractivity (Wildman–Crippen MR) is 96.5 cm³/mol. The Balaban J connectivity index is 1.41. The van der Waals surface area contributed by atoms with Gasteiger partial charge in [-0.2, -0.15) is 0 Å². The number of amides is 1. The molecule has 0 bridgehead atoms. The van der Waals surface area contributed by atoms with E-state index in [9.17, 15) is 14.0 Å². The molecule has 0 aliphatic carbocycles. The molecule has 1 aliphatic rings. The number of rotatable bonds is 6. The Labute approximate surface area is 152 Å². The van der Waals surface area contributed by atoms with Crippen molar-refractivity contribution >= 4 is 11.7 Å². The van der Waals surface area contributed by atoms with Gasteiger partial charge in [0.25, 0.3) is 5.91 Å². The molecular weight excluding hydrogens is 333 g/mol. The van der Waals surface area contributed by atoms with Crippen molar-refractivity contribution < 1.29 is 14.0 Å². The first-order valence-electron chi connectivity index (χ1n) is 8.82. The second-order valence-electron chi connectivity index (χ2n) is 6.57. The molecule has 2 heterocycles. The summed E-state index contributed by atoms with van der Waals surface area (Å²) in [5.74, 6) is -0.0821. The fourth-order valence-electron chi connectivity index (χ4n) is 3.10. The highest BCUT2D eigenvalue weighted by Gasteiger charge is 2.22. The van der Waals surface area contributed by atoms with Gasteiger partial charge >= 0.3 is 0 Å². The Kier molecular flexibility index (Phi) is 6.07. The number of ketones is 1. The number of pyridine rings is 1. The standard InChI is InChI=1S/C20H22FN3O2/c21-17-6-4-16(5-7-17)19(25)14-24-11-8-15(9-12-24)13-23-20(26)18-3-1-2-10-22-18/h1-7,10,15H,8-9,11-14H2,(H,23,26). The topological polar surface area (TPSA) is 62.3 Å². The Hall–Kier alpha value is -2.60.